The Labute approximate surface area is 101 Å². The second-order valence-corrected chi connectivity index (χ2v) is 3.76. The quantitative estimate of drug-likeness (QED) is 0.717. The van der Waals surface area contributed by atoms with Gasteiger partial charge in [0.1, 0.15) is 0 Å². The minimum atomic E-state index is -0.187. The maximum absolute atomic E-state index is 11.6. The lowest BCUT2D eigenvalue weighted by molar-refractivity contribution is -0.120. The highest BCUT2D eigenvalue weighted by Gasteiger charge is 2.12. The van der Waals surface area contributed by atoms with Gasteiger partial charge in [-0.3, -0.25) is 4.79 Å². The van der Waals surface area contributed by atoms with Gasteiger partial charge in [-0.15, -0.1) is 0 Å². The van der Waals surface area contributed by atoms with E-state index in [-0.39, 0.29) is 25.1 Å². The largest absolute Gasteiger partial charge is 0.394 e. The zero-order valence-corrected chi connectivity index (χ0v) is 10.1. The van der Waals surface area contributed by atoms with Crippen LogP contribution in [0.2, 0.25) is 0 Å². The number of hydrogen-bond acceptors (Lipinski definition) is 5. The first-order chi connectivity index (χ1) is 8.17. The van der Waals surface area contributed by atoms with Crippen molar-refractivity contribution in [3.8, 4) is 0 Å². The van der Waals surface area contributed by atoms with Crippen LogP contribution in [0.1, 0.15) is 13.3 Å². The topological polar surface area (TPSA) is 78.4 Å². The lowest BCUT2D eigenvalue weighted by Crippen LogP contribution is -2.42. The summed E-state index contributed by atoms with van der Waals surface area (Å²) in [5.41, 5.74) is 0. The van der Waals surface area contributed by atoms with Crippen molar-refractivity contribution in [1.82, 2.24) is 15.3 Å². The van der Waals surface area contributed by atoms with E-state index >= 15 is 0 Å². The molecule has 6 nitrogen and oxygen atoms in total. The fraction of sp³-hybridized carbons (Fsp3) is 0.545. The molecule has 6 heteroatoms. The number of likely N-dealkylation sites (N-methyl/N-ethyl adjacent to an activating group) is 1. The van der Waals surface area contributed by atoms with Crippen molar-refractivity contribution in [2.45, 2.75) is 19.4 Å². The third kappa shape index (κ3) is 4.36. The molecule has 1 aromatic rings. The van der Waals surface area contributed by atoms with Gasteiger partial charge in [0.15, 0.2) is 0 Å². The van der Waals surface area contributed by atoms with Gasteiger partial charge in [-0.25, -0.2) is 9.97 Å². The summed E-state index contributed by atoms with van der Waals surface area (Å²) in [7, 11) is 1.74. The number of amides is 1. The normalized spacial score (nSPS) is 11.9. The number of hydrogen-bond donors (Lipinski definition) is 2. The molecule has 94 valence electrons. The third-order valence-electron chi connectivity index (χ3n) is 2.35. The SMILES string of the molecule is CCC(CO)NC(=O)CN(C)c1ncccn1. The Hall–Kier alpha value is -1.69. The number of aromatic nitrogens is 2. The first-order valence-corrected chi connectivity index (χ1v) is 5.55. The number of nitrogens with one attached hydrogen (secondary N) is 1. The van der Waals surface area contributed by atoms with Crippen LogP contribution in [0.15, 0.2) is 18.5 Å². The van der Waals surface area contributed by atoms with Gasteiger partial charge in [0.05, 0.1) is 19.2 Å². The molecule has 1 unspecified atom stereocenters. The molecule has 17 heavy (non-hydrogen) atoms. The van der Waals surface area contributed by atoms with Crippen LogP contribution in [0.3, 0.4) is 0 Å². The molecule has 0 aliphatic carbocycles. The van der Waals surface area contributed by atoms with Crippen LogP contribution < -0.4 is 10.2 Å². The molecule has 1 atom stereocenters. The van der Waals surface area contributed by atoms with E-state index in [4.69, 9.17) is 5.11 Å². The molecule has 1 amide bonds. The number of anilines is 1. The highest BCUT2D eigenvalue weighted by atomic mass is 16.3. The Morgan fingerprint density at radius 1 is 1.53 bits per heavy atom. The second-order valence-electron chi connectivity index (χ2n) is 3.76. The second kappa shape index (κ2) is 6.80. The Balaban J connectivity index is 2.46. The van der Waals surface area contributed by atoms with Gasteiger partial charge < -0.3 is 15.3 Å². The highest BCUT2D eigenvalue weighted by Crippen LogP contribution is 2.01. The summed E-state index contributed by atoms with van der Waals surface area (Å²) in [6, 6.07) is 1.53. The Morgan fingerprint density at radius 3 is 2.71 bits per heavy atom. The molecule has 1 rings (SSSR count). The third-order valence-corrected chi connectivity index (χ3v) is 2.35. The first-order valence-electron chi connectivity index (χ1n) is 5.55. The van der Waals surface area contributed by atoms with E-state index in [2.05, 4.69) is 15.3 Å². The molecule has 0 aliphatic heterocycles. The summed E-state index contributed by atoms with van der Waals surface area (Å²) in [6.07, 6.45) is 3.95. The van der Waals surface area contributed by atoms with Crippen molar-refractivity contribution in [3.63, 3.8) is 0 Å². The van der Waals surface area contributed by atoms with Crippen molar-refractivity contribution in [2.75, 3.05) is 25.1 Å². The molecule has 0 spiro atoms. The molecule has 0 saturated carbocycles. The summed E-state index contributed by atoms with van der Waals surface area (Å²) in [6.45, 7) is 2.03. The summed E-state index contributed by atoms with van der Waals surface area (Å²) >= 11 is 0. The van der Waals surface area contributed by atoms with Crippen LogP contribution >= 0.6 is 0 Å². The Kier molecular flexibility index (Phi) is 5.35. The van der Waals surface area contributed by atoms with Crippen LogP contribution in [0.25, 0.3) is 0 Å². The Bertz CT molecular complexity index is 341. The van der Waals surface area contributed by atoms with E-state index in [0.717, 1.165) is 0 Å². The number of carbonyl (C=O) groups excluding carboxylic acids is 1. The Morgan fingerprint density at radius 2 is 2.18 bits per heavy atom. The molecule has 0 bridgehead atoms. The van der Waals surface area contributed by atoms with E-state index in [0.29, 0.717) is 12.4 Å². The molecule has 0 fully saturated rings. The summed E-state index contributed by atoms with van der Waals surface area (Å²) in [5.74, 6) is 0.348. The summed E-state index contributed by atoms with van der Waals surface area (Å²) in [4.78, 5) is 21.4. The predicted octanol–water partition coefficient (Wildman–Crippen LogP) is -0.200. The van der Waals surface area contributed by atoms with Crippen molar-refractivity contribution in [3.05, 3.63) is 18.5 Å². The van der Waals surface area contributed by atoms with Crippen LogP contribution in [-0.4, -0.2) is 47.2 Å². The minimum Gasteiger partial charge on any atom is -0.394 e. The zero-order chi connectivity index (χ0) is 12.7. The van der Waals surface area contributed by atoms with E-state index in [9.17, 15) is 4.79 Å². The average molecular weight is 238 g/mol. The van der Waals surface area contributed by atoms with Crippen LogP contribution in [-0.2, 0) is 4.79 Å². The van der Waals surface area contributed by atoms with E-state index < -0.39 is 0 Å². The first kappa shape index (κ1) is 13.4. The number of carbonyl (C=O) groups is 1. The molecule has 0 aliphatic rings. The van der Waals surface area contributed by atoms with Gasteiger partial charge >= 0.3 is 0 Å². The molecular weight excluding hydrogens is 220 g/mol. The number of aliphatic hydroxyl groups is 1. The van der Waals surface area contributed by atoms with Gasteiger partial charge in [0.25, 0.3) is 0 Å². The fourth-order valence-electron chi connectivity index (χ4n) is 1.32. The van der Waals surface area contributed by atoms with Gasteiger partial charge in [-0.05, 0) is 12.5 Å². The molecule has 0 aromatic carbocycles. The van der Waals surface area contributed by atoms with E-state index in [1.54, 1.807) is 30.4 Å². The van der Waals surface area contributed by atoms with Gasteiger partial charge in [-0.2, -0.15) is 0 Å². The molecular formula is C11H18N4O2. The lowest BCUT2D eigenvalue weighted by atomic mass is 10.2. The van der Waals surface area contributed by atoms with Crippen molar-refractivity contribution >= 4 is 11.9 Å². The zero-order valence-electron chi connectivity index (χ0n) is 10.1. The molecule has 1 heterocycles. The molecule has 0 radical (unpaired) electrons. The van der Waals surface area contributed by atoms with E-state index in [1.165, 1.54) is 0 Å². The molecule has 0 saturated heterocycles. The maximum atomic E-state index is 11.6. The van der Waals surface area contributed by atoms with Gasteiger partial charge in [-0.1, -0.05) is 6.92 Å². The monoisotopic (exact) mass is 238 g/mol. The van der Waals surface area contributed by atoms with Crippen molar-refractivity contribution in [2.24, 2.45) is 0 Å². The van der Waals surface area contributed by atoms with Crippen molar-refractivity contribution in [1.29, 1.82) is 0 Å². The van der Waals surface area contributed by atoms with Crippen LogP contribution in [0.4, 0.5) is 5.95 Å². The maximum Gasteiger partial charge on any atom is 0.239 e. The standard InChI is InChI=1S/C11H18N4O2/c1-3-9(8-16)14-10(17)7-15(2)11-12-5-4-6-13-11/h4-6,9,16H,3,7-8H2,1-2H3,(H,14,17). The average Bonchev–Trinajstić information content (AvgIpc) is 2.37. The smallest absolute Gasteiger partial charge is 0.239 e. The van der Waals surface area contributed by atoms with E-state index in [1.807, 2.05) is 6.92 Å². The molecule has 2 N–H and O–H groups in total. The summed E-state index contributed by atoms with van der Waals surface area (Å²) < 4.78 is 0. The van der Waals surface area contributed by atoms with Crippen molar-refractivity contribution < 1.29 is 9.90 Å². The number of rotatable bonds is 6. The molecule has 1 aromatic heterocycles. The van der Waals surface area contributed by atoms with Gasteiger partial charge in [0, 0.05) is 19.4 Å². The summed E-state index contributed by atoms with van der Waals surface area (Å²) in [5, 5.41) is 11.7. The van der Waals surface area contributed by atoms with Crippen LogP contribution in [0.5, 0.6) is 0 Å². The number of nitrogens with zero attached hydrogens (tertiary/aromatic N) is 3. The number of aliphatic hydroxyl groups excluding tert-OH is 1. The minimum absolute atomic E-state index is 0.0478. The lowest BCUT2D eigenvalue weighted by Gasteiger charge is -2.19. The fourth-order valence-corrected chi connectivity index (χ4v) is 1.32. The predicted molar refractivity (Wildman–Crippen MR) is 64.6 cm³/mol. The van der Waals surface area contributed by atoms with Gasteiger partial charge in [0.2, 0.25) is 11.9 Å². The van der Waals surface area contributed by atoms with Crippen LogP contribution in [0, 0.1) is 0 Å². The highest BCUT2D eigenvalue weighted by molar-refractivity contribution is 5.80.